The highest BCUT2D eigenvalue weighted by Gasteiger charge is 2.13. The van der Waals surface area contributed by atoms with Crippen molar-refractivity contribution in [1.82, 2.24) is 24.8 Å². The zero-order chi connectivity index (χ0) is 13.1. The molecule has 0 atom stereocenters. The number of hydrogen-bond acceptors (Lipinski definition) is 3. The Morgan fingerprint density at radius 1 is 1.44 bits per heavy atom. The summed E-state index contributed by atoms with van der Waals surface area (Å²) in [5.41, 5.74) is 3.07. The molecule has 5 nitrogen and oxygen atoms in total. The van der Waals surface area contributed by atoms with Crippen LogP contribution in [0.1, 0.15) is 24.0 Å². The number of aromatic nitrogens is 5. The van der Waals surface area contributed by atoms with Crippen LogP contribution in [0.4, 0.5) is 0 Å². The fourth-order valence-electron chi connectivity index (χ4n) is 1.77. The summed E-state index contributed by atoms with van der Waals surface area (Å²) in [6.45, 7) is 2.74. The smallest absolute Gasteiger partial charge is 0.0857 e. The van der Waals surface area contributed by atoms with Gasteiger partial charge in [0.1, 0.15) is 0 Å². The molecule has 0 saturated heterocycles. The van der Waals surface area contributed by atoms with Gasteiger partial charge in [0.05, 0.1) is 28.1 Å². The standard InChI is InChI=1S/C11H15BrClN5/c1-3-9-11(12)10(17(2)15-9)7-18-6-8(4-5-13)14-16-18/h6H,3-5,7H2,1-2H3. The summed E-state index contributed by atoms with van der Waals surface area (Å²) in [7, 11) is 1.94. The average molecular weight is 333 g/mol. The summed E-state index contributed by atoms with van der Waals surface area (Å²) in [6.07, 6.45) is 3.57. The van der Waals surface area contributed by atoms with Crippen LogP contribution < -0.4 is 0 Å². The number of rotatable bonds is 5. The lowest BCUT2D eigenvalue weighted by atomic mass is 10.3. The fraction of sp³-hybridized carbons (Fsp3) is 0.545. The van der Waals surface area contributed by atoms with Crippen molar-refractivity contribution in [3.05, 3.63) is 27.8 Å². The molecule has 0 unspecified atom stereocenters. The Morgan fingerprint density at radius 2 is 2.22 bits per heavy atom. The zero-order valence-corrected chi connectivity index (χ0v) is 12.7. The van der Waals surface area contributed by atoms with Gasteiger partial charge in [-0.25, -0.2) is 4.68 Å². The number of hydrogen-bond donors (Lipinski definition) is 0. The van der Waals surface area contributed by atoms with E-state index in [4.69, 9.17) is 11.6 Å². The Kier molecular flexibility index (Phi) is 4.40. The SMILES string of the molecule is CCc1nn(C)c(Cn2cc(CCCl)nn2)c1Br. The Morgan fingerprint density at radius 3 is 2.83 bits per heavy atom. The first kappa shape index (κ1) is 13.5. The van der Waals surface area contributed by atoms with E-state index in [-0.39, 0.29) is 0 Å². The molecule has 0 radical (unpaired) electrons. The van der Waals surface area contributed by atoms with Gasteiger partial charge in [0.25, 0.3) is 0 Å². The Hall–Kier alpha value is -0.880. The number of halogens is 2. The summed E-state index contributed by atoms with van der Waals surface area (Å²) in [5.74, 6) is 0.564. The Labute approximate surface area is 119 Å². The van der Waals surface area contributed by atoms with Crippen LogP contribution in [0.15, 0.2) is 10.7 Å². The van der Waals surface area contributed by atoms with Crippen LogP contribution in [-0.2, 0) is 26.4 Å². The third-order valence-electron chi connectivity index (χ3n) is 2.75. The maximum atomic E-state index is 5.68. The quantitative estimate of drug-likeness (QED) is 0.788. The first-order valence-corrected chi connectivity index (χ1v) is 7.13. The molecule has 0 aromatic carbocycles. The number of nitrogens with zero attached hydrogens (tertiary/aromatic N) is 5. The third kappa shape index (κ3) is 2.75. The predicted octanol–water partition coefficient (Wildman–Crippen LogP) is 2.17. The van der Waals surface area contributed by atoms with Gasteiger partial charge in [-0.2, -0.15) is 5.10 Å². The van der Waals surface area contributed by atoms with Crippen LogP contribution in [0.5, 0.6) is 0 Å². The van der Waals surface area contributed by atoms with E-state index >= 15 is 0 Å². The van der Waals surface area contributed by atoms with E-state index in [1.807, 2.05) is 22.6 Å². The second-order valence-electron chi connectivity index (χ2n) is 4.03. The molecular formula is C11H15BrClN5. The van der Waals surface area contributed by atoms with E-state index in [2.05, 4.69) is 38.3 Å². The topological polar surface area (TPSA) is 48.5 Å². The highest BCUT2D eigenvalue weighted by atomic mass is 79.9. The monoisotopic (exact) mass is 331 g/mol. The third-order valence-corrected chi connectivity index (χ3v) is 3.86. The highest BCUT2D eigenvalue weighted by molar-refractivity contribution is 9.10. The van der Waals surface area contributed by atoms with Crippen molar-refractivity contribution in [2.24, 2.45) is 7.05 Å². The van der Waals surface area contributed by atoms with Gasteiger partial charge in [-0.3, -0.25) is 4.68 Å². The van der Waals surface area contributed by atoms with Gasteiger partial charge in [-0.15, -0.1) is 16.7 Å². The molecule has 0 aliphatic rings. The van der Waals surface area contributed by atoms with Crippen molar-refractivity contribution in [3.63, 3.8) is 0 Å². The Bertz CT molecular complexity index is 534. The van der Waals surface area contributed by atoms with E-state index < -0.39 is 0 Å². The molecule has 2 aromatic rings. The Balaban J connectivity index is 2.20. The molecule has 2 aromatic heterocycles. The van der Waals surface area contributed by atoms with Gasteiger partial charge in [-0.05, 0) is 22.4 Å². The second kappa shape index (κ2) is 5.84. The summed E-state index contributed by atoms with van der Waals surface area (Å²) in [5, 5.41) is 12.6. The minimum atomic E-state index is 0.564. The largest absolute Gasteiger partial charge is 0.269 e. The average Bonchev–Trinajstić information content (AvgIpc) is 2.89. The van der Waals surface area contributed by atoms with E-state index in [1.165, 1.54) is 0 Å². The lowest BCUT2D eigenvalue weighted by molar-refractivity contribution is 0.597. The minimum Gasteiger partial charge on any atom is -0.269 e. The van der Waals surface area contributed by atoms with Gasteiger partial charge in [0.15, 0.2) is 0 Å². The van der Waals surface area contributed by atoms with Crippen LogP contribution in [-0.4, -0.2) is 30.7 Å². The molecule has 18 heavy (non-hydrogen) atoms. The molecule has 2 heterocycles. The normalized spacial score (nSPS) is 11.1. The lowest BCUT2D eigenvalue weighted by Gasteiger charge is -2.02. The summed E-state index contributed by atoms with van der Waals surface area (Å²) in [6, 6.07) is 0. The summed E-state index contributed by atoms with van der Waals surface area (Å²) < 4.78 is 4.75. The second-order valence-corrected chi connectivity index (χ2v) is 5.20. The fourth-order valence-corrected chi connectivity index (χ4v) is 2.71. The van der Waals surface area contributed by atoms with Gasteiger partial charge in [0, 0.05) is 25.5 Å². The van der Waals surface area contributed by atoms with Gasteiger partial charge < -0.3 is 0 Å². The predicted molar refractivity (Wildman–Crippen MR) is 73.8 cm³/mol. The molecule has 0 saturated carbocycles. The van der Waals surface area contributed by atoms with E-state index in [0.717, 1.165) is 34.4 Å². The van der Waals surface area contributed by atoms with E-state index in [0.29, 0.717) is 12.4 Å². The van der Waals surface area contributed by atoms with Crippen LogP contribution >= 0.6 is 27.5 Å². The first-order chi connectivity index (χ1) is 8.65. The molecule has 0 spiro atoms. The molecule has 0 amide bonds. The molecule has 2 rings (SSSR count). The summed E-state index contributed by atoms with van der Waals surface area (Å²) >= 11 is 9.27. The van der Waals surface area contributed by atoms with Crippen molar-refractivity contribution in [3.8, 4) is 0 Å². The molecule has 0 aliphatic heterocycles. The minimum absolute atomic E-state index is 0.564. The molecule has 0 aliphatic carbocycles. The van der Waals surface area contributed by atoms with Crippen LogP contribution in [0, 0.1) is 0 Å². The zero-order valence-electron chi connectivity index (χ0n) is 10.4. The number of alkyl halides is 1. The van der Waals surface area contributed by atoms with E-state index in [9.17, 15) is 0 Å². The molecule has 7 heteroatoms. The maximum Gasteiger partial charge on any atom is 0.0857 e. The van der Waals surface area contributed by atoms with Crippen molar-refractivity contribution in [1.29, 1.82) is 0 Å². The highest BCUT2D eigenvalue weighted by Crippen LogP contribution is 2.22. The number of aryl methyl sites for hydroxylation is 3. The van der Waals surface area contributed by atoms with Crippen molar-refractivity contribution < 1.29 is 0 Å². The van der Waals surface area contributed by atoms with Gasteiger partial charge in [0.2, 0.25) is 0 Å². The van der Waals surface area contributed by atoms with Crippen LogP contribution in [0.25, 0.3) is 0 Å². The van der Waals surface area contributed by atoms with Crippen molar-refractivity contribution in [2.75, 3.05) is 5.88 Å². The van der Waals surface area contributed by atoms with Gasteiger partial charge >= 0.3 is 0 Å². The lowest BCUT2D eigenvalue weighted by Crippen LogP contribution is -2.06. The molecule has 0 bridgehead atoms. The van der Waals surface area contributed by atoms with Crippen molar-refractivity contribution in [2.45, 2.75) is 26.3 Å². The van der Waals surface area contributed by atoms with Crippen LogP contribution in [0.2, 0.25) is 0 Å². The first-order valence-electron chi connectivity index (χ1n) is 5.81. The van der Waals surface area contributed by atoms with Crippen LogP contribution in [0.3, 0.4) is 0 Å². The molecule has 0 fully saturated rings. The van der Waals surface area contributed by atoms with Gasteiger partial charge in [-0.1, -0.05) is 12.1 Å². The maximum absolute atomic E-state index is 5.68. The molecular weight excluding hydrogens is 318 g/mol. The van der Waals surface area contributed by atoms with Crippen molar-refractivity contribution >= 4 is 27.5 Å². The molecule has 98 valence electrons. The van der Waals surface area contributed by atoms with E-state index in [1.54, 1.807) is 0 Å². The summed E-state index contributed by atoms with van der Waals surface area (Å²) in [4.78, 5) is 0. The molecule has 0 N–H and O–H groups in total.